The minimum absolute atomic E-state index is 0.0355. The van der Waals surface area contributed by atoms with E-state index < -0.39 is 0 Å². The molecule has 2 aromatic heterocycles. The fourth-order valence-corrected chi connectivity index (χ4v) is 26.7. The van der Waals surface area contributed by atoms with Gasteiger partial charge in [-0.25, -0.2) is 4.98 Å². The Hall–Kier alpha value is -8.05. The number of piperidine rings is 11. The fourth-order valence-electron chi connectivity index (χ4n) is 26.7. The van der Waals surface area contributed by atoms with E-state index >= 15 is 0 Å². The second kappa shape index (κ2) is 35.4. The van der Waals surface area contributed by atoms with Gasteiger partial charge in [0.25, 0.3) is 0 Å². The van der Waals surface area contributed by atoms with Crippen LogP contribution in [0, 0.1) is 13.8 Å². The van der Waals surface area contributed by atoms with Crippen LogP contribution in [0.5, 0.6) is 28.7 Å². The summed E-state index contributed by atoms with van der Waals surface area (Å²) in [7, 11) is 0. The number of imidazole rings is 1. The van der Waals surface area contributed by atoms with Crippen LogP contribution in [0.1, 0.15) is 241 Å². The number of rotatable bonds is 6. The molecule has 17 aliphatic heterocycles. The van der Waals surface area contributed by atoms with Gasteiger partial charge in [-0.05, 0) is 270 Å². The SMILES string of the molecule is Cc1ccc(-c2ccc3c(c2)CC2(CCN4CCCCC4C2)O3)cc1.Cc1ccc2c(c1)CC1(CCN3CCCCC3C1)O2.c1cc2c(cc1CN1CCCCC1)CC1(CCN3CCCCC3C1)O2.c1ccc2c(c1)CCN(Cc1ccc3c(c1)CC1(CCN4CCCCC4C1)O3)C2.c1cn2cc(-c3ccc4c(c3)CC3(CCN5CCCCC5C3)O4)ccc2n1. The van der Waals surface area contributed by atoms with Crippen molar-refractivity contribution in [1.29, 1.82) is 0 Å². The molecular formula is C111H139N9O5. The van der Waals surface area contributed by atoms with Crippen LogP contribution in [0.3, 0.4) is 0 Å². The Morgan fingerprint density at radius 1 is 0.312 bits per heavy atom. The molecule has 0 amide bonds. The first-order valence-electron chi connectivity index (χ1n) is 50.1. The Bertz CT molecular complexity index is 5310. The van der Waals surface area contributed by atoms with Gasteiger partial charge < -0.3 is 52.6 Å². The van der Waals surface area contributed by atoms with Crippen molar-refractivity contribution in [3.8, 4) is 51.0 Å². The molecular weight excluding hydrogens is 1540 g/mol. The summed E-state index contributed by atoms with van der Waals surface area (Å²) < 4.78 is 34.9. The Balaban J connectivity index is 0.0000000932. The van der Waals surface area contributed by atoms with E-state index in [9.17, 15) is 0 Å². The first-order chi connectivity index (χ1) is 61.3. The van der Waals surface area contributed by atoms with Crippen molar-refractivity contribution in [2.24, 2.45) is 0 Å². The highest BCUT2D eigenvalue weighted by Crippen LogP contribution is 2.52. The highest BCUT2D eigenvalue weighted by Gasteiger charge is 2.52. The number of aromatic nitrogens is 2. The highest BCUT2D eigenvalue weighted by atomic mass is 16.5. The maximum absolute atomic E-state index is 6.64. The minimum Gasteiger partial charge on any atom is -0.487 e. The number of fused-ring (bicyclic) bond motifs is 12. The first-order valence-corrected chi connectivity index (χ1v) is 50.1. The Labute approximate surface area is 746 Å². The van der Waals surface area contributed by atoms with Crippen LogP contribution in [0.15, 0.2) is 170 Å². The molecule has 7 aromatic carbocycles. The molecule has 14 heteroatoms. The van der Waals surface area contributed by atoms with Gasteiger partial charge in [0, 0.05) is 204 Å². The standard InChI is InChI=1S/C26H32N2O.C23H25N3O.C23H27NO.C22H32N2O.C17H23NO/c1-2-6-22-19-27(13-10-21(22)5-1)18-20-8-9-25-23(15-20)16-26(29-25)11-14-28-12-4-3-7-24(28)17-26;1-2-10-25-11-8-23(15-20(25)3-1)14-19-13-17(4-6-21(19)27-23)18-5-7-22-24-9-12-26(22)16-18;1-17-5-7-18(8-6-17)19-9-10-22-20(14-19)15-23(25-22)11-13-24-12-3-2-4-21(24)16-23;1-3-10-23(11-4-1)17-18-7-8-21-19(14-18)15-22(25-21)9-13-24-12-5-2-6-20(24)16-22;1-13-5-6-16-14(10-13)11-17(19-16)7-9-18-8-3-2-4-15(18)12-17/h1-2,5-6,8-9,15,24H,3-4,7,10-14,16-19H2;4-7,9,12-13,16,20H,1-3,8,10-11,14-15H2;5-10,14,21H,2-4,11-13,15-16H2,1H3;7-8,14,20H,1-6,9-13,15-17H2;5-6,10,15H,2-4,7-9,11-12H2,1H3. The molecule has 0 aliphatic carbocycles. The maximum atomic E-state index is 6.64. The van der Waals surface area contributed by atoms with E-state index in [1.807, 2.05) is 12.4 Å². The van der Waals surface area contributed by atoms with Crippen LogP contribution < -0.4 is 23.7 Å². The van der Waals surface area contributed by atoms with Crippen molar-refractivity contribution in [3.63, 3.8) is 0 Å². The normalized spacial score (nSPS) is 30.1. The highest BCUT2D eigenvalue weighted by molar-refractivity contribution is 5.68. The fraction of sp³-hybridized carbons (Fsp3) is 0.559. The van der Waals surface area contributed by atoms with Crippen molar-refractivity contribution in [2.75, 3.05) is 85.1 Å². The number of hydrogen-bond acceptors (Lipinski definition) is 13. The van der Waals surface area contributed by atoms with Gasteiger partial charge in [0.1, 0.15) is 62.4 Å². The van der Waals surface area contributed by atoms with Crippen molar-refractivity contribution in [1.82, 2.24) is 43.7 Å². The molecule has 0 bridgehead atoms. The second-order valence-electron chi connectivity index (χ2n) is 42.2. The van der Waals surface area contributed by atoms with E-state index in [1.165, 1.54) is 348 Å². The monoisotopic (exact) mass is 1680 g/mol. The third kappa shape index (κ3) is 17.9. The zero-order chi connectivity index (χ0) is 83.5. The van der Waals surface area contributed by atoms with Gasteiger partial charge in [-0.1, -0.05) is 147 Å². The topological polar surface area (TPSA) is 86.1 Å². The van der Waals surface area contributed by atoms with Crippen molar-refractivity contribution in [2.45, 2.75) is 310 Å². The largest absolute Gasteiger partial charge is 0.487 e. The van der Waals surface area contributed by atoms with Crippen molar-refractivity contribution in [3.05, 3.63) is 231 Å². The van der Waals surface area contributed by atoms with Gasteiger partial charge in [-0.15, -0.1) is 0 Å². The quantitative estimate of drug-likeness (QED) is 0.159. The summed E-state index contributed by atoms with van der Waals surface area (Å²) in [4.78, 5) is 23.1. The molecule has 10 atom stereocenters. The van der Waals surface area contributed by atoms with E-state index in [1.54, 1.807) is 0 Å². The minimum atomic E-state index is 0.0355. The summed E-state index contributed by atoms with van der Waals surface area (Å²) >= 11 is 0. The molecule has 26 rings (SSSR count). The van der Waals surface area contributed by atoms with Gasteiger partial charge in [0.2, 0.25) is 0 Å². The van der Waals surface area contributed by atoms with Crippen LogP contribution in [-0.4, -0.2) is 187 Å². The summed E-state index contributed by atoms with van der Waals surface area (Å²) in [5.41, 5.74) is 22.2. The van der Waals surface area contributed by atoms with Gasteiger partial charge >= 0.3 is 0 Å². The van der Waals surface area contributed by atoms with Crippen LogP contribution >= 0.6 is 0 Å². The lowest BCUT2D eigenvalue weighted by atomic mass is 9.80. The molecule has 0 N–H and O–H groups in total. The number of ether oxygens (including phenoxy) is 5. The molecule has 14 nitrogen and oxygen atoms in total. The lowest BCUT2D eigenvalue weighted by molar-refractivity contribution is -0.0252. The number of aryl methyl sites for hydroxylation is 2. The first kappa shape index (κ1) is 82.6. The predicted octanol–water partition coefficient (Wildman–Crippen LogP) is 21.2. The maximum Gasteiger partial charge on any atom is 0.136 e. The zero-order valence-electron chi connectivity index (χ0n) is 75.5. The summed E-state index contributed by atoms with van der Waals surface area (Å²) in [6.07, 6.45) is 49.6. The zero-order valence-corrected chi connectivity index (χ0v) is 75.5. The molecule has 9 aromatic rings. The summed E-state index contributed by atoms with van der Waals surface area (Å²) in [6.45, 7) is 23.9. The molecule has 10 unspecified atom stereocenters. The van der Waals surface area contributed by atoms with E-state index in [4.69, 9.17) is 23.7 Å². The Kier molecular flexibility index (Phi) is 23.4. The smallest absolute Gasteiger partial charge is 0.136 e. The van der Waals surface area contributed by atoms with E-state index in [0.29, 0.717) is 0 Å². The average molecular weight is 1680 g/mol. The summed E-state index contributed by atoms with van der Waals surface area (Å²) in [6, 6.07) is 60.0. The third-order valence-corrected chi connectivity index (χ3v) is 33.4. The average Bonchev–Trinajstić information content (AvgIpc) is 1.63. The van der Waals surface area contributed by atoms with Gasteiger partial charge in [-0.3, -0.25) is 9.80 Å². The predicted molar refractivity (Wildman–Crippen MR) is 502 cm³/mol. The Morgan fingerprint density at radius 2 is 0.680 bits per heavy atom. The number of likely N-dealkylation sites (tertiary alicyclic amines) is 1. The molecule has 5 spiro atoms. The third-order valence-electron chi connectivity index (χ3n) is 33.4. The van der Waals surface area contributed by atoms with Crippen LogP contribution in [0.25, 0.3) is 27.9 Å². The molecule has 125 heavy (non-hydrogen) atoms. The second-order valence-corrected chi connectivity index (χ2v) is 42.2. The molecule has 11 saturated heterocycles. The summed E-state index contributed by atoms with van der Waals surface area (Å²) in [5.74, 6) is 5.70. The van der Waals surface area contributed by atoms with Gasteiger partial charge in [0.15, 0.2) is 0 Å². The molecule has 11 fully saturated rings. The number of nitrogens with zero attached hydrogens (tertiary/aromatic N) is 9. The summed E-state index contributed by atoms with van der Waals surface area (Å²) in [5, 5.41) is 0. The van der Waals surface area contributed by atoms with Crippen LogP contribution in [0.4, 0.5) is 0 Å². The van der Waals surface area contributed by atoms with Crippen LogP contribution in [-0.2, 0) is 58.2 Å². The molecule has 658 valence electrons. The number of hydrogen-bond donors (Lipinski definition) is 0. The molecule has 17 aliphatic rings. The van der Waals surface area contributed by atoms with Gasteiger partial charge in [0.05, 0.1) is 0 Å². The van der Waals surface area contributed by atoms with E-state index in [2.05, 4.69) is 215 Å². The number of pyridine rings is 1. The van der Waals surface area contributed by atoms with E-state index in [-0.39, 0.29) is 28.0 Å². The number of benzene rings is 7. The van der Waals surface area contributed by atoms with E-state index in [0.717, 1.165) is 124 Å². The molecule has 0 saturated carbocycles. The lowest BCUT2D eigenvalue weighted by Crippen LogP contribution is -2.54. The molecule has 19 heterocycles. The van der Waals surface area contributed by atoms with Gasteiger partial charge in [-0.2, -0.15) is 0 Å². The van der Waals surface area contributed by atoms with Crippen molar-refractivity contribution >= 4 is 5.65 Å². The van der Waals surface area contributed by atoms with Crippen LogP contribution in [0.2, 0.25) is 0 Å². The Morgan fingerprint density at radius 3 is 1.14 bits per heavy atom. The lowest BCUT2D eigenvalue weighted by Gasteiger charge is -2.46. The molecule has 0 radical (unpaired) electrons. The van der Waals surface area contributed by atoms with Crippen molar-refractivity contribution < 1.29 is 23.7 Å².